The summed E-state index contributed by atoms with van der Waals surface area (Å²) in [5, 5.41) is 18.9. The molecule has 0 radical (unpaired) electrons. The fourth-order valence-electron chi connectivity index (χ4n) is 3.97. The van der Waals surface area contributed by atoms with Gasteiger partial charge < -0.3 is 10.2 Å². The number of aromatic hydroxyl groups is 1. The normalized spacial score (nSPS) is 21.7. The van der Waals surface area contributed by atoms with E-state index in [1.807, 2.05) is 12.2 Å². The Morgan fingerprint density at radius 3 is 2.52 bits per heavy atom. The lowest BCUT2D eigenvalue weighted by Crippen LogP contribution is -1.97. The van der Waals surface area contributed by atoms with Crippen molar-refractivity contribution in [3.05, 3.63) is 64.2 Å². The van der Waals surface area contributed by atoms with E-state index in [1.54, 1.807) is 6.07 Å². The van der Waals surface area contributed by atoms with Crippen LogP contribution in [-0.2, 0) is 0 Å². The molecule has 116 valence electrons. The predicted molar refractivity (Wildman–Crippen MR) is 89.8 cm³/mol. The number of rotatable bonds is 3. The van der Waals surface area contributed by atoms with Crippen molar-refractivity contribution in [2.24, 2.45) is 0 Å². The second-order valence-electron chi connectivity index (χ2n) is 6.51. The van der Waals surface area contributed by atoms with E-state index >= 15 is 0 Å². The first-order valence-corrected chi connectivity index (χ1v) is 8.00. The van der Waals surface area contributed by atoms with Gasteiger partial charge in [0.2, 0.25) is 0 Å². The molecule has 2 aliphatic rings. The minimum Gasteiger partial charge on any atom is -0.507 e. The number of fused-ring (bicyclic) bond motifs is 5. The fourth-order valence-corrected chi connectivity index (χ4v) is 3.97. The first-order valence-electron chi connectivity index (χ1n) is 8.00. The van der Waals surface area contributed by atoms with Crippen LogP contribution in [0.15, 0.2) is 36.4 Å². The van der Waals surface area contributed by atoms with Gasteiger partial charge in [0.15, 0.2) is 0 Å². The highest BCUT2D eigenvalue weighted by Crippen LogP contribution is 2.53. The molecule has 2 unspecified atom stereocenters. The summed E-state index contributed by atoms with van der Waals surface area (Å²) in [7, 11) is 0. The monoisotopic (exact) mass is 306 g/mol. The zero-order valence-corrected chi connectivity index (χ0v) is 12.7. The second-order valence-corrected chi connectivity index (χ2v) is 6.51. The number of hydrogen-bond acceptors (Lipinski definition) is 2. The summed E-state index contributed by atoms with van der Waals surface area (Å²) in [5.74, 6) is 0.443. The van der Waals surface area contributed by atoms with E-state index in [1.165, 1.54) is 42.5 Å². The highest BCUT2D eigenvalue weighted by molar-refractivity contribution is 5.89. The van der Waals surface area contributed by atoms with Gasteiger partial charge in [0.1, 0.15) is 5.75 Å². The van der Waals surface area contributed by atoms with Crippen molar-refractivity contribution in [1.29, 1.82) is 0 Å². The number of benzene rings is 2. The maximum absolute atomic E-state index is 10.9. The number of aromatic carboxylic acids is 1. The van der Waals surface area contributed by atoms with Gasteiger partial charge in [0.05, 0.1) is 5.56 Å². The average Bonchev–Trinajstić information content (AvgIpc) is 3.15. The van der Waals surface area contributed by atoms with Crippen LogP contribution >= 0.6 is 0 Å². The van der Waals surface area contributed by atoms with E-state index in [2.05, 4.69) is 18.2 Å². The van der Waals surface area contributed by atoms with Crippen LogP contribution in [-0.4, -0.2) is 16.2 Å². The van der Waals surface area contributed by atoms with Gasteiger partial charge in [-0.15, -0.1) is 0 Å². The molecule has 0 saturated heterocycles. The van der Waals surface area contributed by atoms with E-state index in [0.29, 0.717) is 5.56 Å². The first-order chi connectivity index (χ1) is 11.1. The first kappa shape index (κ1) is 14.1. The summed E-state index contributed by atoms with van der Waals surface area (Å²) in [6, 6.07) is 11.0. The third-order valence-corrected chi connectivity index (χ3v) is 5.16. The lowest BCUT2D eigenvalue weighted by atomic mass is 9.90. The van der Waals surface area contributed by atoms with E-state index in [9.17, 15) is 9.90 Å². The Morgan fingerprint density at radius 2 is 1.78 bits per heavy atom. The smallest absolute Gasteiger partial charge is 0.335 e. The average molecular weight is 306 g/mol. The maximum Gasteiger partial charge on any atom is 0.335 e. The summed E-state index contributed by atoms with van der Waals surface area (Å²) in [4.78, 5) is 10.9. The molecule has 4 rings (SSSR count). The van der Waals surface area contributed by atoms with Crippen molar-refractivity contribution >= 4 is 18.1 Å². The van der Waals surface area contributed by atoms with Gasteiger partial charge in [-0.2, -0.15) is 0 Å². The molecule has 3 nitrogen and oxygen atoms in total. The van der Waals surface area contributed by atoms with Gasteiger partial charge in [-0.3, -0.25) is 0 Å². The third kappa shape index (κ3) is 2.42. The number of phenols is 1. The minimum absolute atomic E-state index is 0.0126. The van der Waals surface area contributed by atoms with Crippen molar-refractivity contribution < 1.29 is 15.0 Å². The standard InChI is InChI=1S/C20H18O3/c21-19-11-16(20(22)23)7-4-13(19)3-1-12-2-8-17-14-5-6-15(10-14)18(17)9-12/h1-4,7-9,11,14-15,21H,5-6,10H2,(H,22,23)/b3-1+. The third-order valence-electron chi connectivity index (χ3n) is 5.16. The molecule has 2 bridgehead atoms. The van der Waals surface area contributed by atoms with Crippen molar-refractivity contribution in [3.63, 3.8) is 0 Å². The van der Waals surface area contributed by atoms with Crippen molar-refractivity contribution in [2.75, 3.05) is 0 Å². The summed E-state index contributed by atoms with van der Waals surface area (Å²) < 4.78 is 0. The molecule has 2 atom stereocenters. The van der Waals surface area contributed by atoms with Crippen LogP contribution in [0.25, 0.3) is 12.2 Å². The second kappa shape index (κ2) is 5.27. The Hall–Kier alpha value is -2.55. The predicted octanol–water partition coefficient (Wildman–Crippen LogP) is 4.63. The molecule has 2 aromatic rings. The molecule has 0 aromatic heterocycles. The molecular weight excluding hydrogens is 288 g/mol. The van der Waals surface area contributed by atoms with Gasteiger partial charge >= 0.3 is 5.97 Å². The van der Waals surface area contributed by atoms with Crippen molar-refractivity contribution in [3.8, 4) is 5.75 Å². The quantitative estimate of drug-likeness (QED) is 0.813. The van der Waals surface area contributed by atoms with Gasteiger partial charge in [0.25, 0.3) is 0 Å². The van der Waals surface area contributed by atoms with Crippen molar-refractivity contribution in [1.82, 2.24) is 0 Å². The summed E-state index contributed by atoms with van der Waals surface area (Å²) >= 11 is 0. The number of carboxylic acids is 1. The number of phenolic OH excluding ortho intramolecular Hbond substituents is 1. The van der Waals surface area contributed by atoms with Gasteiger partial charge in [-0.25, -0.2) is 4.79 Å². The molecule has 1 saturated carbocycles. The van der Waals surface area contributed by atoms with Crippen LogP contribution in [0.5, 0.6) is 5.75 Å². The zero-order valence-electron chi connectivity index (χ0n) is 12.7. The van der Waals surface area contributed by atoms with Crippen LogP contribution in [0.1, 0.15) is 63.7 Å². The molecule has 2 N–H and O–H groups in total. The molecule has 2 aromatic carbocycles. The SMILES string of the molecule is O=C(O)c1ccc(/C=C/c2ccc3c(c2)C2CCC3C2)c(O)c1. The number of carbonyl (C=O) groups is 1. The Bertz CT molecular complexity index is 820. The van der Waals surface area contributed by atoms with E-state index in [4.69, 9.17) is 5.11 Å². The molecule has 3 heteroatoms. The Labute approximate surface area is 134 Å². The van der Waals surface area contributed by atoms with Crippen LogP contribution in [0.3, 0.4) is 0 Å². The van der Waals surface area contributed by atoms with E-state index in [0.717, 1.165) is 17.4 Å². The van der Waals surface area contributed by atoms with Crippen LogP contribution in [0.2, 0.25) is 0 Å². The Kier molecular flexibility index (Phi) is 3.22. The summed E-state index contributed by atoms with van der Waals surface area (Å²) in [6.07, 6.45) is 7.75. The highest BCUT2D eigenvalue weighted by atomic mass is 16.4. The lowest BCUT2D eigenvalue weighted by molar-refractivity contribution is 0.0696. The summed E-state index contributed by atoms with van der Waals surface area (Å²) in [5.41, 5.74) is 4.85. The molecule has 0 spiro atoms. The molecule has 0 aliphatic heterocycles. The molecule has 0 heterocycles. The number of carboxylic acid groups (broad SMARTS) is 1. The molecule has 2 aliphatic carbocycles. The van der Waals surface area contributed by atoms with Crippen LogP contribution in [0, 0.1) is 0 Å². The zero-order chi connectivity index (χ0) is 16.0. The lowest BCUT2D eigenvalue weighted by Gasteiger charge is -2.15. The Balaban J connectivity index is 1.60. The van der Waals surface area contributed by atoms with Crippen LogP contribution in [0.4, 0.5) is 0 Å². The number of hydrogen-bond donors (Lipinski definition) is 2. The van der Waals surface area contributed by atoms with Gasteiger partial charge in [-0.05, 0) is 59.9 Å². The minimum atomic E-state index is -1.04. The van der Waals surface area contributed by atoms with E-state index in [-0.39, 0.29) is 11.3 Å². The Morgan fingerprint density at radius 1 is 1.00 bits per heavy atom. The summed E-state index contributed by atoms with van der Waals surface area (Å²) in [6.45, 7) is 0. The maximum atomic E-state index is 10.9. The fraction of sp³-hybridized carbons (Fsp3) is 0.250. The largest absolute Gasteiger partial charge is 0.507 e. The molecule has 1 fully saturated rings. The topological polar surface area (TPSA) is 57.5 Å². The van der Waals surface area contributed by atoms with Crippen LogP contribution < -0.4 is 0 Å². The van der Waals surface area contributed by atoms with Gasteiger partial charge in [-0.1, -0.05) is 36.4 Å². The van der Waals surface area contributed by atoms with Crippen molar-refractivity contribution in [2.45, 2.75) is 31.1 Å². The van der Waals surface area contributed by atoms with E-state index < -0.39 is 5.97 Å². The molecule has 23 heavy (non-hydrogen) atoms. The molecule has 0 amide bonds. The molecular formula is C20H18O3. The van der Waals surface area contributed by atoms with Gasteiger partial charge in [0, 0.05) is 5.56 Å². The highest BCUT2D eigenvalue weighted by Gasteiger charge is 2.36.